The number of hydrogen-bond donors (Lipinski definition) is 1. The Labute approximate surface area is 195 Å². The number of aryl methyl sites for hydroxylation is 1. The molecule has 6 nitrogen and oxygen atoms in total. The Hall–Kier alpha value is -2.71. The highest BCUT2D eigenvalue weighted by Gasteiger charge is 2.26. The van der Waals surface area contributed by atoms with Gasteiger partial charge in [-0.1, -0.05) is 49.0 Å². The third-order valence-corrected chi connectivity index (χ3v) is 7.33. The SMILES string of the molecule is COc1ccc(NC(=O)CSc2nc3c(c(=O)n2CCc2ccccc2)SC(C)C3)cc1. The summed E-state index contributed by atoms with van der Waals surface area (Å²) in [5.74, 6) is 0.757. The smallest absolute Gasteiger partial charge is 0.268 e. The molecule has 2 heterocycles. The summed E-state index contributed by atoms with van der Waals surface area (Å²) in [5, 5.41) is 3.82. The number of amides is 1. The van der Waals surface area contributed by atoms with E-state index in [4.69, 9.17) is 9.72 Å². The van der Waals surface area contributed by atoms with Crippen LogP contribution in [-0.4, -0.2) is 33.6 Å². The van der Waals surface area contributed by atoms with Crippen LogP contribution in [0, 0.1) is 0 Å². The fraction of sp³-hybridized carbons (Fsp3) is 0.292. The average molecular weight is 468 g/mol. The van der Waals surface area contributed by atoms with Gasteiger partial charge in [0, 0.05) is 23.9 Å². The third-order valence-electron chi connectivity index (χ3n) is 5.14. The number of nitrogens with zero attached hydrogens (tertiary/aromatic N) is 2. The van der Waals surface area contributed by atoms with Crippen LogP contribution in [-0.2, 0) is 24.2 Å². The quantitative estimate of drug-likeness (QED) is 0.394. The van der Waals surface area contributed by atoms with E-state index in [0.29, 0.717) is 22.6 Å². The Bertz CT molecular complexity index is 1150. The second kappa shape index (κ2) is 10.3. The lowest BCUT2D eigenvalue weighted by atomic mass is 10.1. The molecule has 1 aromatic heterocycles. The van der Waals surface area contributed by atoms with Crippen LogP contribution in [0.15, 0.2) is 69.4 Å². The Balaban J connectivity index is 1.49. The van der Waals surface area contributed by atoms with Crippen LogP contribution in [0.3, 0.4) is 0 Å². The number of hydrogen-bond acceptors (Lipinski definition) is 6. The molecule has 0 aliphatic carbocycles. The molecule has 166 valence electrons. The summed E-state index contributed by atoms with van der Waals surface area (Å²) in [7, 11) is 1.60. The molecule has 0 fully saturated rings. The second-order valence-electron chi connectivity index (χ2n) is 7.56. The molecule has 4 rings (SSSR count). The highest BCUT2D eigenvalue weighted by molar-refractivity contribution is 8.00. The lowest BCUT2D eigenvalue weighted by Crippen LogP contribution is -2.27. The number of fused-ring (bicyclic) bond motifs is 1. The number of carbonyl (C=O) groups is 1. The number of ether oxygens (including phenoxy) is 1. The standard InChI is InChI=1S/C24H25N3O3S2/c1-16-14-20-22(32-16)23(29)27(13-12-17-6-4-3-5-7-17)24(26-20)31-15-21(28)25-18-8-10-19(30-2)11-9-18/h3-11,16H,12-15H2,1-2H3,(H,25,28). The van der Waals surface area contributed by atoms with Crippen molar-refractivity contribution in [1.29, 1.82) is 0 Å². The largest absolute Gasteiger partial charge is 0.497 e. The number of rotatable bonds is 8. The van der Waals surface area contributed by atoms with Gasteiger partial charge in [-0.3, -0.25) is 14.2 Å². The number of thioether (sulfide) groups is 2. The zero-order chi connectivity index (χ0) is 22.5. The maximum atomic E-state index is 13.2. The van der Waals surface area contributed by atoms with Crippen molar-refractivity contribution in [2.75, 3.05) is 18.2 Å². The predicted octanol–water partition coefficient (Wildman–Crippen LogP) is 4.26. The van der Waals surface area contributed by atoms with Crippen LogP contribution < -0.4 is 15.6 Å². The number of aromatic nitrogens is 2. The molecule has 1 atom stereocenters. The molecule has 3 aromatic rings. The summed E-state index contributed by atoms with van der Waals surface area (Å²) in [6.45, 7) is 2.63. The average Bonchev–Trinajstić information content (AvgIpc) is 3.19. The van der Waals surface area contributed by atoms with Crippen molar-refractivity contribution in [2.45, 2.75) is 41.6 Å². The van der Waals surface area contributed by atoms with Gasteiger partial charge in [0.2, 0.25) is 5.91 Å². The third kappa shape index (κ3) is 5.37. The van der Waals surface area contributed by atoms with Crippen molar-refractivity contribution >= 4 is 35.1 Å². The topological polar surface area (TPSA) is 73.2 Å². The molecule has 0 saturated heterocycles. The number of anilines is 1. The van der Waals surface area contributed by atoms with Crippen molar-refractivity contribution in [3.63, 3.8) is 0 Å². The zero-order valence-corrected chi connectivity index (χ0v) is 19.7. The first-order valence-corrected chi connectivity index (χ1v) is 12.3. The normalized spacial score (nSPS) is 14.8. The molecule has 8 heteroatoms. The van der Waals surface area contributed by atoms with E-state index in [1.165, 1.54) is 11.8 Å². The van der Waals surface area contributed by atoms with E-state index in [1.54, 1.807) is 47.7 Å². The van der Waals surface area contributed by atoms with E-state index in [0.717, 1.165) is 34.7 Å². The van der Waals surface area contributed by atoms with E-state index in [1.807, 2.05) is 18.2 Å². The summed E-state index contributed by atoms with van der Waals surface area (Å²) in [6, 6.07) is 17.3. The van der Waals surface area contributed by atoms with Crippen LogP contribution in [0.2, 0.25) is 0 Å². The molecule has 1 N–H and O–H groups in total. The molecule has 1 unspecified atom stereocenters. The molecular weight excluding hydrogens is 442 g/mol. The minimum Gasteiger partial charge on any atom is -0.497 e. The second-order valence-corrected chi connectivity index (χ2v) is 9.95. The van der Waals surface area contributed by atoms with Crippen LogP contribution in [0.4, 0.5) is 5.69 Å². The van der Waals surface area contributed by atoms with Crippen molar-refractivity contribution in [3.8, 4) is 5.75 Å². The fourth-order valence-electron chi connectivity index (χ4n) is 3.53. The molecule has 2 aromatic carbocycles. The number of nitrogens with one attached hydrogen (secondary N) is 1. The minimum atomic E-state index is -0.146. The highest BCUT2D eigenvalue weighted by Crippen LogP contribution is 2.34. The van der Waals surface area contributed by atoms with Crippen molar-refractivity contribution in [2.24, 2.45) is 0 Å². The first-order chi connectivity index (χ1) is 15.5. The predicted molar refractivity (Wildman–Crippen MR) is 130 cm³/mol. The van der Waals surface area contributed by atoms with Crippen molar-refractivity contribution in [3.05, 3.63) is 76.2 Å². The molecule has 0 saturated carbocycles. The van der Waals surface area contributed by atoms with Gasteiger partial charge in [0.25, 0.3) is 5.56 Å². The van der Waals surface area contributed by atoms with Gasteiger partial charge < -0.3 is 10.1 Å². The van der Waals surface area contributed by atoms with Gasteiger partial charge in [-0.2, -0.15) is 0 Å². The van der Waals surface area contributed by atoms with E-state index in [2.05, 4.69) is 24.4 Å². The van der Waals surface area contributed by atoms with E-state index >= 15 is 0 Å². The summed E-state index contributed by atoms with van der Waals surface area (Å²) >= 11 is 2.90. The van der Waals surface area contributed by atoms with Crippen LogP contribution in [0.25, 0.3) is 0 Å². The van der Waals surface area contributed by atoms with Gasteiger partial charge in [0.15, 0.2) is 5.16 Å². The molecule has 1 aliphatic heterocycles. The molecule has 1 aliphatic rings. The van der Waals surface area contributed by atoms with E-state index in [-0.39, 0.29) is 17.2 Å². The van der Waals surface area contributed by atoms with Crippen LogP contribution in [0.5, 0.6) is 5.75 Å². The van der Waals surface area contributed by atoms with Gasteiger partial charge in [0.1, 0.15) is 5.75 Å². The fourth-order valence-corrected chi connectivity index (χ4v) is 5.48. The molecule has 0 spiro atoms. The molecule has 0 radical (unpaired) electrons. The van der Waals surface area contributed by atoms with Gasteiger partial charge in [-0.15, -0.1) is 11.8 Å². The Morgan fingerprint density at radius 2 is 1.97 bits per heavy atom. The Morgan fingerprint density at radius 3 is 2.69 bits per heavy atom. The van der Waals surface area contributed by atoms with Gasteiger partial charge in [0.05, 0.1) is 23.5 Å². The number of methoxy groups -OCH3 is 1. The molecule has 32 heavy (non-hydrogen) atoms. The van der Waals surface area contributed by atoms with E-state index < -0.39 is 0 Å². The summed E-state index contributed by atoms with van der Waals surface area (Å²) in [5.41, 5.74) is 2.71. The van der Waals surface area contributed by atoms with E-state index in [9.17, 15) is 9.59 Å². The lowest BCUT2D eigenvalue weighted by Gasteiger charge is -2.14. The van der Waals surface area contributed by atoms with Crippen LogP contribution >= 0.6 is 23.5 Å². The summed E-state index contributed by atoms with van der Waals surface area (Å²) in [4.78, 5) is 31.3. The maximum absolute atomic E-state index is 13.2. The van der Waals surface area contributed by atoms with Crippen LogP contribution in [0.1, 0.15) is 18.2 Å². The maximum Gasteiger partial charge on any atom is 0.268 e. The molecule has 1 amide bonds. The van der Waals surface area contributed by atoms with Crippen molar-refractivity contribution < 1.29 is 9.53 Å². The summed E-state index contributed by atoms with van der Waals surface area (Å²) in [6.07, 6.45) is 1.51. The Morgan fingerprint density at radius 1 is 1.22 bits per heavy atom. The first-order valence-electron chi connectivity index (χ1n) is 10.4. The Kier molecular flexibility index (Phi) is 7.22. The lowest BCUT2D eigenvalue weighted by molar-refractivity contribution is -0.113. The minimum absolute atomic E-state index is 0.00153. The number of benzene rings is 2. The zero-order valence-electron chi connectivity index (χ0n) is 18.0. The first kappa shape index (κ1) is 22.5. The molecular formula is C24H25N3O3S2. The molecule has 0 bridgehead atoms. The number of carbonyl (C=O) groups excluding carboxylic acids is 1. The highest BCUT2D eigenvalue weighted by atomic mass is 32.2. The van der Waals surface area contributed by atoms with Gasteiger partial charge >= 0.3 is 0 Å². The monoisotopic (exact) mass is 467 g/mol. The summed E-state index contributed by atoms with van der Waals surface area (Å²) < 4.78 is 6.87. The van der Waals surface area contributed by atoms with Crippen molar-refractivity contribution in [1.82, 2.24) is 9.55 Å². The van der Waals surface area contributed by atoms with Gasteiger partial charge in [-0.05, 0) is 36.2 Å². The van der Waals surface area contributed by atoms with Gasteiger partial charge in [-0.25, -0.2) is 4.98 Å².